The molecule has 0 aromatic heterocycles. The summed E-state index contributed by atoms with van der Waals surface area (Å²) in [6.45, 7) is 8.95. The fourth-order valence-electron chi connectivity index (χ4n) is 1.79. The zero-order valence-electron chi connectivity index (χ0n) is 11.2. The van der Waals surface area contributed by atoms with Crippen molar-refractivity contribution in [1.82, 2.24) is 0 Å². The van der Waals surface area contributed by atoms with Crippen molar-refractivity contribution in [2.75, 3.05) is 11.9 Å². The Bertz CT molecular complexity index is 442. The number of hydrogen-bond acceptors (Lipinski definition) is 3. The lowest BCUT2D eigenvalue weighted by Gasteiger charge is -2.16. The van der Waals surface area contributed by atoms with Gasteiger partial charge in [-0.25, -0.2) is 0 Å². The van der Waals surface area contributed by atoms with Crippen LogP contribution in [0.15, 0.2) is 18.2 Å². The molecule has 0 fully saturated rings. The van der Waals surface area contributed by atoms with E-state index in [0.717, 1.165) is 17.8 Å². The zero-order chi connectivity index (χ0) is 13.9. The molecule has 1 N–H and O–H groups in total. The number of alkyl halides is 1. The third-order valence-corrected chi connectivity index (χ3v) is 2.66. The van der Waals surface area contributed by atoms with E-state index in [1.807, 2.05) is 19.9 Å². The second-order valence-corrected chi connectivity index (χ2v) is 6.11. The highest BCUT2D eigenvalue weighted by atomic mass is 35.5. The van der Waals surface area contributed by atoms with Gasteiger partial charge in [-0.1, -0.05) is 13.8 Å². The molecule has 1 aromatic carbocycles. The van der Waals surface area contributed by atoms with Gasteiger partial charge in [-0.2, -0.15) is 0 Å². The Morgan fingerprint density at radius 3 is 2.50 bits per heavy atom. The molecule has 0 radical (unpaired) electrons. The first-order chi connectivity index (χ1) is 8.24. The van der Waals surface area contributed by atoms with E-state index < -0.39 is 0 Å². The Kier molecular flexibility index (Phi) is 4.57. The first-order valence-electron chi connectivity index (χ1n) is 5.91. The average molecular weight is 271 g/mol. The van der Waals surface area contributed by atoms with Crippen molar-refractivity contribution >= 4 is 23.0 Å². The molecule has 1 aliphatic rings. The second-order valence-electron chi connectivity index (χ2n) is 5.24. The van der Waals surface area contributed by atoms with Crippen LogP contribution in [0.3, 0.4) is 0 Å². The van der Waals surface area contributed by atoms with Crippen LogP contribution in [-0.4, -0.2) is 16.8 Å². The molecule has 2 rings (SSSR count). The Hall–Kier alpha value is -1.29. The highest BCUT2D eigenvalue weighted by molar-refractivity contribution is 6.20. The summed E-state index contributed by atoms with van der Waals surface area (Å²) < 4.78 is 0. The van der Waals surface area contributed by atoms with Crippen LogP contribution < -0.4 is 5.32 Å². The third-order valence-electron chi connectivity index (χ3n) is 2.66. The summed E-state index contributed by atoms with van der Waals surface area (Å²) >= 11 is 5.27. The SMILES string of the molecule is CC(C)Cl.CC1(C)CNc2cc([N+](=O)[O-])ccc21. The van der Waals surface area contributed by atoms with Crippen LogP contribution in [0.5, 0.6) is 0 Å². The largest absolute Gasteiger partial charge is 0.384 e. The minimum absolute atomic E-state index is 0.0739. The minimum Gasteiger partial charge on any atom is -0.384 e. The van der Waals surface area contributed by atoms with Gasteiger partial charge >= 0.3 is 0 Å². The summed E-state index contributed by atoms with van der Waals surface area (Å²) in [7, 11) is 0. The van der Waals surface area contributed by atoms with Crippen LogP contribution in [0.25, 0.3) is 0 Å². The van der Waals surface area contributed by atoms with E-state index in [1.54, 1.807) is 12.1 Å². The molecule has 1 aliphatic heterocycles. The van der Waals surface area contributed by atoms with Crippen molar-refractivity contribution in [2.45, 2.75) is 38.5 Å². The third kappa shape index (κ3) is 3.60. The molecule has 0 atom stereocenters. The lowest BCUT2D eigenvalue weighted by molar-refractivity contribution is -0.384. The van der Waals surface area contributed by atoms with E-state index in [1.165, 1.54) is 0 Å². The highest BCUT2D eigenvalue weighted by Gasteiger charge is 2.30. The molecule has 0 bridgehead atoms. The topological polar surface area (TPSA) is 55.2 Å². The van der Waals surface area contributed by atoms with Gasteiger partial charge in [-0.15, -0.1) is 11.6 Å². The van der Waals surface area contributed by atoms with Crippen molar-refractivity contribution in [1.29, 1.82) is 0 Å². The van der Waals surface area contributed by atoms with E-state index in [0.29, 0.717) is 5.38 Å². The molecular weight excluding hydrogens is 252 g/mol. The zero-order valence-corrected chi connectivity index (χ0v) is 11.9. The first-order valence-corrected chi connectivity index (χ1v) is 6.34. The van der Waals surface area contributed by atoms with Gasteiger partial charge in [0, 0.05) is 35.2 Å². The number of nitrogens with zero attached hydrogens (tertiary/aromatic N) is 1. The van der Waals surface area contributed by atoms with Crippen LogP contribution in [-0.2, 0) is 5.41 Å². The molecule has 4 nitrogen and oxygen atoms in total. The van der Waals surface area contributed by atoms with Gasteiger partial charge in [-0.05, 0) is 25.5 Å². The number of nitro benzene ring substituents is 1. The maximum Gasteiger partial charge on any atom is 0.271 e. The fourth-order valence-corrected chi connectivity index (χ4v) is 1.79. The van der Waals surface area contributed by atoms with Crippen molar-refractivity contribution in [2.24, 2.45) is 0 Å². The lowest BCUT2D eigenvalue weighted by atomic mass is 9.87. The van der Waals surface area contributed by atoms with E-state index in [9.17, 15) is 10.1 Å². The van der Waals surface area contributed by atoms with Crippen LogP contribution in [0.4, 0.5) is 11.4 Å². The van der Waals surface area contributed by atoms with Crippen molar-refractivity contribution in [3.63, 3.8) is 0 Å². The van der Waals surface area contributed by atoms with Crippen molar-refractivity contribution in [3.05, 3.63) is 33.9 Å². The van der Waals surface area contributed by atoms with Gasteiger partial charge in [0.15, 0.2) is 0 Å². The molecule has 5 heteroatoms. The lowest BCUT2D eigenvalue weighted by Crippen LogP contribution is -2.18. The summed E-state index contributed by atoms with van der Waals surface area (Å²) in [5.74, 6) is 0. The number of nitro groups is 1. The monoisotopic (exact) mass is 270 g/mol. The summed E-state index contributed by atoms with van der Waals surface area (Å²) in [6.07, 6.45) is 0. The molecule has 0 spiro atoms. The summed E-state index contributed by atoms with van der Waals surface area (Å²) in [4.78, 5) is 10.2. The number of fused-ring (bicyclic) bond motifs is 1. The van der Waals surface area contributed by atoms with Gasteiger partial charge in [0.25, 0.3) is 5.69 Å². The smallest absolute Gasteiger partial charge is 0.271 e. The summed E-state index contributed by atoms with van der Waals surface area (Å²) in [6, 6.07) is 5.01. The van der Waals surface area contributed by atoms with Crippen LogP contribution in [0, 0.1) is 10.1 Å². The molecule has 0 saturated heterocycles. The molecule has 1 heterocycles. The normalized spacial score (nSPS) is 15.4. The van der Waals surface area contributed by atoms with Crippen molar-refractivity contribution < 1.29 is 4.92 Å². The minimum atomic E-state index is -0.368. The van der Waals surface area contributed by atoms with Gasteiger partial charge in [0.2, 0.25) is 0 Å². The molecule has 18 heavy (non-hydrogen) atoms. The quantitative estimate of drug-likeness (QED) is 0.478. The van der Waals surface area contributed by atoms with Crippen molar-refractivity contribution in [3.8, 4) is 0 Å². The maximum atomic E-state index is 10.5. The van der Waals surface area contributed by atoms with E-state index >= 15 is 0 Å². The van der Waals surface area contributed by atoms with Crippen LogP contribution >= 0.6 is 11.6 Å². The van der Waals surface area contributed by atoms with Crippen LogP contribution in [0.1, 0.15) is 33.3 Å². The molecule has 0 saturated carbocycles. The maximum absolute atomic E-state index is 10.5. The predicted octanol–water partition coefficient (Wildman–Crippen LogP) is 3.93. The number of non-ortho nitro benzene ring substituents is 1. The molecule has 1 aromatic rings. The van der Waals surface area contributed by atoms with E-state index in [2.05, 4.69) is 19.2 Å². The van der Waals surface area contributed by atoms with Gasteiger partial charge in [0.05, 0.1) is 4.92 Å². The molecular formula is C13H19ClN2O2. The standard InChI is InChI=1S/C10H12N2O2.C3H7Cl/c1-10(2)6-11-9-5-7(12(13)14)3-4-8(9)10;1-3(2)4/h3-5,11H,6H2,1-2H3;3H,1-2H3. The van der Waals surface area contributed by atoms with E-state index in [4.69, 9.17) is 11.6 Å². The summed E-state index contributed by atoms with van der Waals surface area (Å²) in [5.41, 5.74) is 2.27. The fraction of sp³-hybridized carbons (Fsp3) is 0.538. The first kappa shape index (κ1) is 14.8. The average Bonchev–Trinajstić information content (AvgIpc) is 2.54. The van der Waals surface area contributed by atoms with E-state index in [-0.39, 0.29) is 16.0 Å². The molecule has 0 unspecified atom stereocenters. The number of benzene rings is 1. The molecule has 0 amide bonds. The Morgan fingerprint density at radius 2 is 2.00 bits per heavy atom. The van der Waals surface area contributed by atoms with Crippen LogP contribution in [0.2, 0.25) is 0 Å². The van der Waals surface area contributed by atoms with Gasteiger partial charge in [-0.3, -0.25) is 10.1 Å². The molecule has 0 aliphatic carbocycles. The number of hydrogen-bond donors (Lipinski definition) is 1. The van der Waals surface area contributed by atoms with Gasteiger partial charge in [0.1, 0.15) is 0 Å². The highest BCUT2D eigenvalue weighted by Crippen LogP contribution is 2.37. The number of rotatable bonds is 1. The second kappa shape index (κ2) is 5.57. The Morgan fingerprint density at radius 1 is 1.44 bits per heavy atom. The Labute approximate surface area is 112 Å². The predicted molar refractivity (Wildman–Crippen MR) is 75.6 cm³/mol. The van der Waals surface area contributed by atoms with Gasteiger partial charge < -0.3 is 5.32 Å². The number of nitrogens with one attached hydrogen (secondary N) is 1. The Balaban J connectivity index is 0.000000357. The number of halogens is 1. The summed E-state index contributed by atoms with van der Waals surface area (Å²) in [5, 5.41) is 14.0. The number of anilines is 1. The molecule has 100 valence electrons.